The number of nitrogens with zero attached hydrogens (tertiary/aromatic N) is 5. The molecule has 2 aliphatic rings. The molecule has 0 spiro atoms. The van der Waals surface area contributed by atoms with Crippen LogP contribution in [0.4, 0.5) is 15.5 Å². The number of rotatable bonds is 3. The van der Waals surface area contributed by atoms with E-state index in [0.29, 0.717) is 38.7 Å². The normalized spacial score (nSPS) is 18.6. The van der Waals surface area contributed by atoms with Crippen LogP contribution in [0.1, 0.15) is 19.8 Å². The number of carbonyl (C=O) groups excluding carboxylic acids is 2. The number of hydrogen-bond acceptors (Lipinski definition) is 6. The highest BCUT2D eigenvalue weighted by Gasteiger charge is 2.27. The maximum atomic E-state index is 12.5. The second-order valence-corrected chi connectivity index (χ2v) is 6.43. The van der Waals surface area contributed by atoms with E-state index in [0.717, 1.165) is 25.9 Å². The molecule has 0 saturated carbocycles. The number of carbonyl (C=O) groups is 2. The van der Waals surface area contributed by atoms with Crippen molar-refractivity contribution in [2.45, 2.75) is 25.8 Å². The van der Waals surface area contributed by atoms with Gasteiger partial charge in [-0.25, -0.2) is 19.6 Å². The summed E-state index contributed by atoms with van der Waals surface area (Å²) in [5.74, 6) is 0.707. The van der Waals surface area contributed by atoms with Crippen molar-refractivity contribution in [2.75, 3.05) is 50.8 Å². The molecule has 9 nitrogen and oxygen atoms in total. The number of nitrogens with one attached hydrogen (secondary N) is 1. The van der Waals surface area contributed by atoms with Crippen molar-refractivity contribution < 1.29 is 14.3 Å². The lowest BCUT2D eigenvalue weighted by atomic mass is 10.1. The van der Waals surface area contributed by atoms with Crippen LogP contribution in [0.15, 0.2) is 18.5 Å². The maximum Gasteiger partial charge on any atom is 0.409 e. The van der Waals surface area contributed by atoms with Crippen molar-refractivity contribution >= 4 is 18.1 Å². The molecule has 0 aromatic carbocycles. The van der Waals surface area contributed by atoms with Gasteiger partial charge in [0.05, 0.1) is 6.61 Å². The Hall–Kier alpha value is -2.58. The number of ether oxygens (including phenoxy) is 1. The summed E-state index contributed by atoms with van der Waals surface area (Å²) in [6, 6.07) is 1.86. The Kier molecular flexibility index (Phi) is 6.08. The fourth-order valence-electron chi connectivity index (χ4n) is 3.25. The quantitative estimate of drug-likeness (QED) is 0.860. The number of likely N-dealkylation sites (tertiary alicyclic amines) is 1. The highest BCUT2D eigenvalue weighted by molar-refractivity contribution is 5.75. The molecule has 2 aliphatic heterocycles. The predicted octanol–water partition coefficient (Wildman–Crippen LogP) is 0.929. The van der Waals surface area contributed by atoms with Gasteiger partial charge in [0.25, 0.3) is 0 Å². The number of urea groups is 1. The van der Waals surface area contributed by atoms with Crippen LogP contribution in [0.25, 0.3) is 0 Å². The van der Waals surface area contributed by atoms with Gasteiger partial charge in [-0.15, -0.1) is 0 Å². The maximum absolute atomic E-state index is 12.5. The Morgan fingerprint density at radius 2 is 1.73 bits per heavy atom. The second kappa shape index (κ2) is 8.68. The molecule has 0 aliphatic carbocycles. The summed E-state index contributed by atoms with van der Waals surface area (Å²) in [7, 11) is 0. The monoisotopic (exact) mass is 362 g/mol. The largest absolute Gasteiger partial charge is 0.450 e. The molecule has 26 heavy (non-hydrogen) atoms. The van der Waals surface area contributed by atoms with Crippen LogP contribution < -0.4 is 10.2 Å². The average molecular weight is 362 g/mol. The molecule has 1 aromatic heterocycles. The van der Waals surface area contributed by atoms with Crippen molar-refractivity contribution in [3.8, 4) is 0 Å². The molecule has 1 N–H and O–H groups in total. The van der Waals surface area contributed by atoms with Crippen molar-refractivity contribution in [2.24, 2.45) is 0 Å². The Labute approximate surface area is 153 Å². The third kappa shape index (κ3) is 4.53. The zero-order valence-electron chi connectivity index (χ0n) is 15.1. The fourth-order valence-corrected chi connectivity index (χ4v) is 3.25. The van der Waals surface area contributed by atoms with Crippen molar-refractivity contribution in [1.29, 1.82) is 0 Å². The van der Waals surface area contributed by atoms with E-state index in [9.17, 15) is 9.59 Å². The van der Waals surface area contributed by atoms with Gasteiger partial charge >= 0.3 is 12.1 Å². The van der Waals surface area contributed by atoms with Crippen LogP contribution >= 0.6 is 0 Å². The summed E-state index contributed by atoms with van der Waals surface area (Å²) >= 11 is 0. The van der Waals surface area contributed by atoms with Crippen molar-refractivity contribution in [3.63, 3.8) is 0 Å². The van der Waals surface area contributed by atoms with E-state index in [4.69, 9.17) is 4.74 Å². The molecule has 0 bridgehead atoms. The topological polar surface area (TPSA) is 90.9 Å². The lowest BCUT2D eigenvalue weighted by Crippen LogP contribution is -2.55. The van der Waals surface area contributed by atoms with E-state index in [1.54, 1.807) is 30.3 Å². The summed E-state index contributed by atoms with van der Waals surface area (Å²) in [5, 5.41) is 3.09. The van der Waals surface area contributed by atoms with Gasteiger partial charge in [-0.2, -0.15) is 0 Å². The molecule has 0 radical (unpaired) electrons. The first kappa shape index (κ1) is 18.2. The molecule has 1 aromatic rings. The Bertz CT molecular complexity index is 598. The van der Waals surface area contributed by atoms with E-state index < -0.39 is 0 Å². The summed E-state index contributed by atoms with van der Waals surface area (Å²) in [5.41, 5.74) is 0. The van der Waals surface area contributed by atoms with Crippen LogP contribution in [0.3, 0.4) is 0 Å². The highest BCUT2D eigenvalue weighted by atomic mass is 16.6. The van der Waals surface area contributed by atoms with Crippen LogP contribution in [0, 0.1) is 0 Å². The summed E-state index contributed by atoms with van der Waals surface area (Å²) in [6.45, 7) is 6.14. The molecule has 2 saturated heterocycles. The van der Waals surface area contributed by atoms with Gasteiger partial charge < -0.3 is 24.8 Å². The first-order valence-corrected chi connectivity index (χ1v) is 9.16. The van der Waals surface area contributed by atoms with E-state index in [1.807, 2.05) is 4.90 Å². The molecule has 0 atom stereocenters. The van der Waals surface area contributed by atoms with Crippen LogP contribution in [-0.4, -0.2) is 83.8 Å². The van der Waals surface area contributed by atoms with Gasteiger partial charge in [0.1, 0.15) is 0 Å². The Morgan fingerprint density at radius 1 is 1.08 bits per heavy atom. The van der Waals surface area contributed by atoms with Gasteiger partial charge in [0, 0.05) is 57.7 Å². The average Bonchev–Trinajstić information content (AvgIpc) is 2.69. The molecule has 142 valence electrons. The Balaban J connectivity index is 1.40. The first-order chi connectivity index (χ1) is 12.7. The molecular formula is C17H26N6O3. The number of hydrogen-bond donors (Lipinski definition) is 1. The summed E-state index contributed by atoms with van der Waals surface area (Å²) in [4.78, 5) is 38.3. The lowest BCUT2D eigenvalue weighted by molar-refractivity contribution is 0.0950. The van der Waals surface area contributed by atoms with Crippen molar-refractivity contribution in [1.82, 2.24) is 25.1 Å². The van der Waals surface area contributed by atoms with E-state index in [1.165, 1.54) is 0 Å². The third-order valence-corrected chi connectivity index (χ3v) is 4.75. The molecule has 3 heterocycles. The molecule has 9 heteroatoms. The van der Waals surface area contributed by atoms with E-state index >= 15 is 0 Å². The SMILES string of the molecule is CCOC(=O)N1CCC(NC(=O)N2CCN(c3ncccn3)CC2)CC1. The van der Waals surface area contributed by atoms with Gasteiger partial charge in [0.2, 0.25) is 5.95 Å². The number of piperazine rings is 1. The van der Waals surface area contributed by atoms with Crippen LogP contribution in [-0.2, 0) is 4.74 Å². The minimum absolute atomic E-state index is 0.0341. The number of anilines is 1. The van der Waals surface area contributed by atoms with Crippen LogP contribution in [0.2, 0.25) is 0 Å². The minimum atomic E-state index is -0.267. The number of piperidine rings is 1. The van der Waals surface area contributed by atoms with Gasteiger partial charge in [0.15, 0.2) is 0 Å². The summed E-state index contributed by atoms with van der Waals surface area (Å²) < 4.78 is 5.02. The van der Waals surface area contributed by atoms with Crippen LogP contribution in [0.5, 0.6) is 0 Å². The predicted molar refractivity (Wildman–Crippen MR) is 96.0 cm³/mol. The highest BCUT2D eigenvalue weighted by Crippen LogP contribution is 2.13. The fraction of sp³-hybridized carbons (Fsp3) is 0.647. The molecular weight excluding hydrogens is 336 g/mol. The Morgan fingerprint density at radius 3 is 2.35 bits per heavy atom. The number of amides is 3. The van der Waals surface area contributed by atoms with Gasteiger partial charge in [-0.05, 0) is 25.8 Å². The second-order valence-electron chi connectivity index (χ2n) is 6.43. The molecule has 3 rings (SSSR count). The third-order valence-electron chi connectivity index (χ3n) is 4.75. The molecule has 3 amide bonds. The minimum Gasteiger partial charge on any atom is -0.450 e. The van der Waals surface area contributed by atoms with E-state index in [-0.39, 0.29) is 18.2 Å². The number of aromatic nitrogens is 2. The lowest BCUT2D eigenvalue weighted by Gasteiger charge is -2.37. The zero-order valence-corrected chi connectivity index (χ0v) is 15.1. The smallest absolute Gasteiger partial charge is 0.409 e. The standard InChI is InChI=1S/C17H26N6O3/c1-2-26-17(25)23-8-4-14(5-9-23)20-16(24)22-12-10-21(11-13-22)15-18-6-3-7-19-15/h3,6-7,14H,2,4-5,8-13H2,1H3,(H,20,24). The van der Waals surface area contributed by atoms with E-state index in [2.05, 4.69) is 20.2 Å². The zero-order chi connectivity index (χ0) is 18.4. The molecule has 2 fully saturated rings. The summed E-state index contributed by atoms with van der Waals surface area (Å²) in [6.07, 6.45) is 4.69. The first-order valence-electron chi connectivity index (χ1n) is 9.16. The molecule has 0 unspecified atom stereocenters. The van der Waals surface area contributed by atoms with Gasteiger partial charge in [-0.3, -0.25) is 0 Å². The van der Waals surface area contributed by atoms with Crippen molar-refractivity contribution in [3.05, 3.63) is 18.5 Å². The van der Waals surface area contributed by atoms with Gasteiger partial charge in [-0.1, -0.05) is 0 Å².